The lowest BCUT2D eigenvalue weighted by Gasteiger charge is -2.12. The number of likely N-dealkylation sites (N-methyl/N-ethyl adjacent to an activating group) is 1. The van der Waals surface area contributed by atoms with Crippen molar-refractivity contribution < 1.29 is 14.0 Å². The van der Waals surface area contributed by atoms with E-state index in [0.717, 1.165) is 11.8 Å². The SMILES string of the molecule is CCNC(=O)[C@H](C)NC(=O)CSc1nnc(-c2ccccc2Cl)o1. The van der Waals surface area contributed by atoms with Gasteiger partial charge in [-0.15, -0.1) is 10.2 Å². The molecule has 128 valence electrons. The van der Waals surface area contributed by atoms with Gasteiger partial charge in [0.1, 0.15) is 6.04 Å². The van der Waals surface area contributed by atoms with Crippen molar-refractivity contribution in [1.29, 1.82) is 0 Å². The summed E-state index contributed by atoms with van der Waals surface area (Å²) in [6, 6.07) is 6.51. The Morgan fingerprint density at radius 1 is 1.33 bits per heavy atom. The maximum atomic E-state index is 11.8. The molecule has 2 amide bonds. The number of amides is 2. The molecule has 0 saturated heterocycles. The fourth-order valence-corrected chi connectivity index (χ4v) is 2.61. The van der Waals surface area contributed by atoms with Crippen LogP contribution < -0.4 is 10.6 Å². The molecule has 0 bridgehead atoms. The van der Waals surface area contributed by atoms with Gasteiger partial charge in [0.15, 0.2) is 0 Å². The van der Waals surface area contributed by atoms with E-state index in [0.29, 0.717) is 23.0 Å². The Kier molecular flexibility index (Phi) is 6.62. The number of hydrogen-bond acceptors (Lipinski definition) is 6. The number of hydrogen-bond donors (Lipinski definition) is 2. The second-order valence-corrected chi connectivity index (χ2v) is 6.16. The standard InChI is InChI=1S/C15H17ClN4O3S/c1-3-17-13(22)9(2)18-12(21)8-24-15-20-19-14(23-15)10-6-4-5-7-11(10)16/h4-7,9H,3,8H2,1-2H3,(H,17,22)(H,18,21)/t9-/m0/s1. The zero-order chi connectivity index (χ0) is 17.5. The largest absolute Gasteiger partial charge is 0.411 e. The highest BCUT2D eigenvalue weighted by Gasteiger charge is 2.16. The molecular weight excluding hydrogens is 352 g/mol. The minimum Gasteiger partial charge on any atom is -0.411 e. The van der Waals surface area contributed by atoms with Crippen LogP contribution in [0.25, 0.3) is 11.5 Å². The normalized spacial score (nSPS) is 11.8. The molecule has 0 fully saturated rings. The van der Waals surface area contributed by atoms with Gasteiger partial charge < -0.3 is 15.1 Å². The third kappa shape index (κ3) is 4.97. The summed E-state index contributed by atoms with van der Waals surface area (Å²) < 4.78 is 5.49. The van der Waals surface area contributed by atoms with Crippen molar-refractivity contribution in [3.05, 3.63) is 29.3 Å². The summed E-state index contributed by atoms with van der Waals surface area (Å²) in [6.07, 6.45) is 0. The molecule has 0 spiro atoms. The molecule has 2 rings (SSSR count). The minimum atomic E-state index is -0.598. The van der Waals surface area contributed by atoms with Crippen molar-refractivity contribution >= 4 is 35.2 Å². The van der Waals surface area contributed by atoms with Gasteiger partial charge in [0.2, 0.25) is 17.7 Å². The molecule has 7 nitrogen and oxygen atoms in total. The summed E-state index contributed by atoms with van der Waals surface area (Å²) in [5, 5.41) is 13.8. The lowest BCUT2D eigenvalue weighted by molar-refractivity contribution is -0.127. The van der Waals surface area contributed by atoms with Crippen molar-refractivity contribution in [3.8, 4) is 11.5 Å². The fourth-order valence-electron chi connectivity index (χ4n) is 1.81. The molecule has 0 radical (unpaired) electrons. The number of aromatic nitrogens is 2. The molecule has 0 unspecified atom stereocenters. The summed E-state index contributed by atoms with van der Waals surface area (Å²) in [5.41, 5.74) is 0.632. The van der Waals surface area contributed by atoms with E-state index in [1.807, 2.05) is 13.0 Å². The molecule has 9 heteroatoms. The molecule has 0 aliphatic carbocycles. The average Bonchev–Trinajstić information content (AvgIpc) is 3.02. The van der Waals surface area contributed by atoms with Crippen molar-refractivity contribution in [3.63, 3.8) is 0 Å². The zero-order valence-corrected chi connectivity index (χ0v) is 14.8. The van der Waals surface area contributed by atoms with Gasteiger partial charge in [-0.05, 0) is 26.0 Å². The molecule has 0 saturated carbocycles. The molecule has 2 N–H and O–H groups in total. The minimum absolute atomic E-state index is 0.0634. The first-order valence-corrected chi connectivity index (χ1v) is 8.66. The second kappa shape index (κ2) is 8.70. The summed E-state index contributed by atoms with van der Waals surface area (Å²) in [5.74, 6) is -0.168. The lowest BCUT2D eigenvalue weighted by atomic mass is 10.2. The molecule has 0 aliphatic heterocycles. The number of halogens is 1. The number of benzene rings is 1. The Labute approximate surface area is 148 Å². The van der Waals surface area contributed by atoms with Crippen LogP contribution in [0.15, 0.2) is 33.9 Å². The topological polar surface area (TPSA) is 97.1 Å². The van der Waals surface area contributed by atoms with Gasteiger partial charge in [-0.25, -0.2) is 0 Å². The van der Waals surface area contributed by atoms with Crippen LogP contribution in [-0.2, 0) is 9.59 Å². The Bertz CT molecular complexity index is 722. The van der Waals surface area contributed by atoms with Gasteiger partial charge in [-0.2, -0.15) is 0 Å². The first-order chi connectivity index (χ1) is 11.5. The van der Waals surface area contributed by atoms with Gasteiger partial charge in [0.25, 0.3) is 5.22 Å². The molecule has 0 aliphatic rings. The number of thioether (sulfide) groups is 1. The average molecular weight is 369 g/mol. The number of rotatable bonds is 7. The molecule has 2 aromatic rings. The molecule has 1 heterocycles. The second-order valence-electron chi connectivity index (χ2n) is 4.83. The van der Waals surface area contributed by atoms with E-state index >= 15 is 0 Å². The van der Waals surface area contributed by atoms with Gasteiger partial charge in [-0.3, -0.25) is 9.59 Å². The molecule has 1 aromatic carbocycles. The monoisotopic (exact) mass is 368 g/mol. The van der Waals surface area contributed by atoms with Gasteiger partial charge in [0.05, 0.1) is 16.3 Å². The maximum Gasteiger partial charge on any atom is 0.277 e. The van der Waals surface area contributed by atoms with Crippen LogP contribution >= 0.6 is 23.4 Å². The fraction of sp³-hybridized carbons (Fsp3) is 0.333. The molecule has 1 aromatic heterocycles. The van der Waals surface area contributed by atoms with E-state index in [1.165, 1.54) is 0 Å². The summed E-state index contributed by atoms with van der Waals surface area (Å²) in [7, 11) is 0. The van der Waals surface area contributed by atoms with Gasteiger partial charge >= 0.3 is 0 Å². The predicted octanol–water partition coefficient (Wildman–Crippen LogP) is 2.12. The van der Waals surface area contributed by atoms with Crippen LogP contribution in [0.1, 0.15) is 13.8 Å². The summed E-state index contributed by atoms with van der Waals surface area (Å²) in [4.78, 5) is 23.4. The number of carbonyl (C=O) groups is 2. The summed E-state index contributed by atoms with van der Waals surface area (Å²) in [6.45, 7) is 3.95. The molecule has 1 atom stereocenters. The van der Waals surface area contributed by atoms with E-state index in [2.05, 4.69) is 20.8 Å². The smallest absolute Gasteiger partial charge is 0.277 e. The van der Waals surface area contributed by atoms with E-state index < -0.39 is 6.04 Å². The van der Waals surface area contributed by atoms with Crippen molar-refractivity contribution in [2.75, 3.05) is 12.3 Å². The van der Waals surface area contributed by atoms with Crippen LogP contribution in [0.5, 0.6) is 0 Å². The van der Waals surface area contributed by atoms with Crippen LogP contribution in [0.4, 0.5) is 0 Å². The number of nitrogens with one attached hydrogen (secondary N) is 2. The van der Waals surface area contributed by atoms with Gasteiger partial charge in [0, 0.05) is 6.54 Å². The van der Waals surface area contributed by atoms with Crippen molar-refractivity contribution in [2.45, 2.75) is 25.1 Å². The Morgan fingerprint density at radius 2 is 2.08 bits per heavy atom. The molecule has 24 heavy (non-hydrogen) atoms. The first-order valence-electron chi connectivity index (χ1n) is 7.29. The van der Waals surface area contributed by atoms with Crippen LogP contribution in [0, 0.1) is 0 Å². The Balaban J connectivity index is 1.88. The highest BCUT2D eigenvalue weighted by atomic mass is 35.5. The number of nitrogens with zero attached hydrogens (tertiary/aromatic N) is 2. The first kappa shape index (κ1) is 18.3. The Hall–Kier alpha value is -2.06. The zero-order valence-electron chi connectivity index (χ0n) is 13.2. The van der Waals surface area contributed by atoms with Crippen LogP contribution in [-0.4, -0.2) is 40.4 Å². The van der Waals surface area contributed by atoms with Crippen LogP contribution in [0.2, 0.25) is 5.02 Å². The number of carbonyl (C=O) groups excluding carboxylic acids is 2. The third-order valence-corrected chi connectivity index (χ3v) is 4.11. The van der Waals surface area contributed by atoms with E-state index in [4.69, 9.17) is 16.0 Å². The van der Waals surface area contributed by atoms with E-state index in [1.54, 1.807) is 25.1 Å². The van der Waals surface area contributed by atoms with Gasteiger partial charge in [-0.1, -0.05) is 35.5 Å². The highest BCUT2D eigenvalue weighted by Crippen LogP contribution is 2.28. The lowest BCUT2D eigenvalue weighted by Crippen LogP contribution is -2.45. The van der Waals surface area contributed by atoms with E-state index in [9.17, 15) is 9.59 Å². The molecular formula is C15H17ClN4O3S. The van der Waals surface area contributed by atoms with Crippen molar-refractivity contribution in [1.82, 2.24) is 20.8 Å². The summed E-state index contributed by atoms with van der Waals surface area (Å²) >= 11 is 7.16. The predicted molar refractivity (Wildman–Crippen MR) is 91.8 cm³/mol. The highest BCUT2D eigenvalue weighted by molar-refractivity contribution is 7.99. The quantitative estimate of drug-likeness (QED) is 0.726. The maximum absolute atomic E-state index is 11.8. The van der Waals surface area contributed by atoms with Crippen molar-refractivity contribution in [2.24, 2.45) is 0 Å². The van der Waals surface area contributed by atoms with E-state index in [-0.39, 0.29) is 22.8 Å². The van der Waals surface area contributed by atoms with Crippen LogP contribution in [0.3, 0.4) is 0 Å². The third-order valence-electron chi connectivity index (χ3n) is 2.96. The Morgan fingerprint density at radius 3 is 2.79 bits per heavy atom.